The number of aliphatic hydroxyl groups excluding tert-OH is 1. The summed E-state index contributed by atoms with van der Waals surface area (Å²) in [6.07, 6.45) is 15.4. The second-order valence-electron chi connectivity index (χ2n) is 9.87. The molecule has 4 rings (SSSR count). The molecule has 0 bridgehead atoms. The van der Waals surface area contributed by atoms with Crippen LogP contribution in [0.1, 0.15) is 64.7 Å². The summed E-state index contributed by atoms with van der Waals surface area (Å²) in [5.41, 5.74) is 4.60. The van der Waals surface area contributed by atoms with Crippen molar-refractivity contribution in [2.45, 2.75) is 70.8 Å². The molecule has 0 aromatic rings. The van der Waals surface area contributed by atoms with Crippen LogP contribution in [-0.2, 0) is 4.74 Å². The van der Waals surface area contributed by atoms with Gasteiger partial charge in [-0.15, -0.1) is 0 Å². The first-order valence-corrected chi connectivity index (χ1v) is 11.6. The Kier molecular flexibility index (Phi) is 6.44. The average molecular weight is 386 g/mol. The molecule has 0 radical (unpaired) electrons. The van der Waals surface area contributed by atoms with Gasteiger partial charge >= 0.3 is 0 Å². The number of allylic oxidation sites excluding steroid dienone is 3. The zero-order chi connectivity index (χ0) is 19.6. The lowest BCUT2D eigenvalue weighted by Crippen LogP contribution is -2.39. The lowest BCUT2D eigenvalue weighted by Gasteiger charge is -2.43. The standard InChI is InChI=1S/C25H39NO2/c1-19-5-6-20(18-24(19)27)7-8-21-4-3-12-25(2)22(9-10-23(21)25)11-13-26-14-16-28-17-15-26/h7-8,22-24,27H,1,3-6,9-18H2,2H3/b20-7-,21-8+/t22-,23?,24?,25-/m1/s1. The summed E-state index contributed by atoms with van der Waals surface area (Å²) >= 11 is 0. The summed E-state index contributed by atoms with van der Waals surface area (Å²) in [7, 11) is 0. The van der Waals surface area contributed by atoms with Gasteiger partial charge in [0.1, 0.15) is 0 Å². The molecule has 4 atom stereocenters. The van der Waals surface area contributed by atoms with Gasteiger partial charge in [0.2, 0.25) is 0 Å². The maximum Gasteiger partial charge on any atom is 0.0784 e. The lowest BCUT2D eigenvalue weighted by atomic mass is 9.63. The molecule has 0 spiro atoms. The number of ether oxygens (including phenoxy) is 1. The summed E-state index contributed by atoms with van der Waals surface area (Å²) in [4.78, 5) is 2.60. The van der Waals surface area contributed by atoms with Crippen LogP contribution in [0.15, 0.2) is 35.5 Å². The van der Waals surface area contributed by atoms with Crippen molar-refractivity contribution in [3.63, 3.8) is 0 Å². The van der Waals surface area contributed by atoms with Crippen LogP contribution < -0.4 is 0 Å². The smallest absolute Gasteiger partial charge is 0.0784 e. The fourth-order valence-corrected chi connectivity index (χ4v) is 6.34. The van der Waals surface area contributed by atoms with Gasteiger partial charge in [0, 0.05) is 13.1 Å². The number of morpholine rings is 1. The highest BCUT2D eigenvalue weighted by atomic mass is 16.5. The van der Waals surface area contributed by atoms with E-state index in [0.717, 1.165) is 63.0 Å². The van der Waals surface area contributed by atoms with Gasteiger partial charge in [-0.05, 0) is 87.2 Å². The summed E-state index contributed by atoms with van der Waals surface area (Å²) in [5.74, 6) is 1.65. The van der Waals surface area contributed by atoms with Crippen molar-refractivity contribution in [1.29, 1.82) is 0 Å². The third-order valence-electron chi connectivity index (χ3n) is 8.29. The zero-order valence-corrected chi connectivity index (χ0v) is 17.8. The highest BCUT2D eigenvalue weighted by Gasteiger charge is 2.48. The first kappa shape index (κ1) is 20.4. The summed E-state index contributed by atoms with van der Waals surface area (Å²) in [6, 6.07) is 0. The van der Waals surface area contributed by atoms with Crippen LogP contribution >= 0.6 is 0 Å². The maximum absolute atomic E-state index is 10.1. The van der Waals surface area contributed by atoms with Crippen molar-refractivity contribution in [2.75, 3.05) is 32.8 Å². The van der Waals surface area contributed by atoms with E-state index in [1.807, 2.05) is 0 Å². The van der Waals surface area contributed by atoms with Crippen LogP contribution in [0, 0.1) is 17.3 Å². The van der Waals surface area contributed by atoms with E-state index in [2.05, 4.69) is 30.6 Å². The summed E-state index contributed by atoms with van der Waals surface area (Å²) < 4.78 is 5.51. The van der Waals surface area contributed by atoms with Crippen molar-refractivity contribution in [3.05, 3.63) is 35.5 Å². The Balaban J connectivity index is 1.39. The average Bonchev–Trinajstić information content (AvgIpc) is 3.05. The minimum atomic E-state index is -0.328. The van der Waals surface area contributed by atoms with Gasteiger partial charge in [-0.2, -0.15) is 0 Å². The molecule has 3 aliphatic carbocycles. The van der Waals surface area contributed by atoms with Crippen molar-refractivity contribution >= 4 is 0 Å². The second-order valence-corrected chi connectivity index (χ2v) is 9.87. The Hall–Kier alpha value is -0.900. The Morgan fingerprint density at radius 2 is 2.00 bits per heavy atom. The molecule has 1 aliphatic heterocycles. The number of fused-ring (bicyclic) bond motifs is 1. The van der Waals surface area contributed by atoms with Crippen molar-refractivity contribution in [3.8, 4) is 0 Å². The van der Waals surface area contributed by atoms with E-state index < -0.39 is 0 Å². The van der Waals surface area contributed by atoms with Gasteiger partial charge in [-0.1, -0.05) is 36.8 Å². The molecule has 3 heteroatoms. The topological polar surface area (TPSA) is 32.7 Å². The number of rotatable bonds is 4. The van der Waals surface area contributed by atoms with Crippen LogP contribution in [0.25, 0.3) is 0 Å². The molecule has 3 nitrogen and oxygen atoms in total. The fraction of sp³-hybridized carbons (Fsp3) is 0.760. The van der Waals surface area contributed by atoms with Crippen LogP contribution in [0.2, 0.25) is 0 Å². The molecule has 1 N–H and O–H groups in total. The number of aliphatic hydroxyl groups is 1. The van der Waals surface area contributed by atoms with Crippen LogP contribution in [0.5, 0.6) is 0 Å². The van der Waals surface area contributed by atoms with E-state index in [4.69, 9.17) is 4.74 Å². The molecular formula is C25H39NO2. The molecule has 1 saturated heterocycles. The van der Waals surface area contributed by atoms with E-state index in [1.165, 1.54) is 50.6 Å². The molecule has 3 saturated carbocycles. The number of nitrogens with zero attached hydrogens (tertiary/aromatic N) is 1. The molecule has 4 fully saturated rings. The van der Waals surface area contributed by atoms with Gasteiger partial charge < -0.3 is 9.84 Å². The third kappa shape index (κ3) is 4.32. The quantitative estimate of drug-likeness (QED) is 0.700. The first-order valence-electron chi connectivity index (χ1n) is 11.6. The molecule has 28 heavy (non-hydrogen) atoms. The number of hydrogen-bond acceptors (Lipinski definition) is 3. The van der Waals surface area contributed by atoms with Gasteiger partial charge in [0.25, 0.3) is 0 Å². The van der Waals surface area contributed by atoms with Crippen LogP contribution in [0.4, 0.5) is 0 Å². The second kappa shape index (κ2) is 8.85. The predicted molar refractivity (Wildman–Crippen MR) is 115 cm³/mol. The molecule has 2 unspecified atom stereocenters. The molecule has 1 heterocycles. The van der Waals surface area contributed by atoms with E-state index in [1.54, 1.807) is 5.57 Å². The van der Waals surface area contributed by atoms with Crippen molar-refractivity contribution < 1.29 is 9.84 Å². The molecule has 0 aromatic heterocycles. The van der Waals surface area contributed by atoms with E-state index in [9.17, 15) is 5.11 Å². The van der Waals surface area contributed by atoms with E-state index in [0.29, 0.717) is 5.41 Å². The first-order chi connectivity index (χ1) is 13.6. The Bertz CT molecular complexity index is 630. The predicted octanol–water partition coefficient (Wildman–Crippen LogP) is 4.88. The minimum absolute atomic E-state index is 0.328. The molecule has 0 aromatic carbocycles. The summed E-state index contributed by atoms with van der Waals surface area (Å²) in [6.45, 7) is 11.9. The third-order valence-corrected chi connectivity index (χ3v) is 8.29. The van der Waals surface area contributed by atoms with Crippen molar-refractivity contribution in [1.82, 2.24) is 4.90 Å². The van der Waals surface area contributed by atoms with E-state index in [-0.39, 0.29) is 6.10 Å². The largest absolute Gasteiger partial charge is 0.388 e. The zero-order valence-electron chi connectivity index (χ0n) is 17.8. The maximum atomic E-state index is 10.1. The van der Waals surface area contributed by atoms with Gasteiger partial charge in [0.15, 0.2) is 0 Å². The molecule has 156 valence electrons. The number of hydrogen-bond donors (Lipinski definition) is 1. The fourth-order valence-electron chi connectivity index (χ4n) is 6.34. The van der Waals surface area contributed by atoms with Crippen LogP contribution in [0.3, 0.4) is 0 Å². The minimum Gasteiger partial charge on any atom is -0.388 e. The normalized spacial score (nSPS) is 40.2. The Morgan fingerprint density at radius 3 is 2.79 bits per heavy atom. The molecular weight excluding hydrogens is 346 g/mol. The highest BCUT2D eigenvalue weighted by molar-refractivity contribution is 5.27. The molecule has 0 amide bonds. The highest BCUT2D eigenvalue weighted by Crippen LogP contribution is 2.58. The van der Waals surface area contributed by atoms with Crippen LogP contribution in [-0.4, -0.2) is 49.0 Å². The van der Waals surface area contributed by atoms with E-state index >= 15 is 0 Å². The Morgan fingerprint density at radius 1 is 1.18 bits per heavy atom. The van der Waals surface area contributed by atoms with Gasteiger partial charge in [-0.3, -0.25) is 4.90 Å². The summed E-state index contributed by atoms with van der Waals surface area (Å²) in [5, 5.41) is 10.1. The lowest BCUT2D eigenvalue weighted by molar-refractivity contribution is 0.0300. The molecule has 4 aliphatic rings. The Labute approximate surface area is 171 Å². The van der Waals surface area contributed by atoms with Crippen molar-refractivity contribution in [2.24, 2.45) is 17.3 Å². The monoisotopic (exact) mass is 385 g/mol. The van der Waals surface area contributed by atoms with Gasteiger partial charge in [-0.25, -0.2) is 0 Å². The van der Waals surface area contributed by atoms with Gasteiger partial charge in [0.05, 0.1) is 19.3 Å². The SMILES string of the molecule is C=C1CC/C(=C/C=C2\CCC[C@@]3(C)C2CC[C@@H]3CCN2CCOCC2)CC1O.